The standard InChI is InChI=1S/C22H35N3O/c1-24-12-14-25(15-13-24)18-21-9-5-8-20(16-21)17-23-22(26)11-10-19-6-3-2-4-7-19/h5,8-9,16,19H,2-4,6-7,10-15,17-18H2,1H3,(H,23,26). The molecule has 2 aliphatic rings. The van der Waals surface area contributed by atoms with Crippen molar-refractivity contribution in [2.24, 2.45) is 5.92 Å². The molecule has 0 spiro atoms. The predicted molar refractivity (Wildman–Crippen MR) is 107 cm³/mol. The van der Waals surface area contributed by atoms with Crippen molar-refractivity contribution in [3.63, 3.8) is 0 Å². The Bertz CT molecular complexity index is 560. The first kappa shape index (κ1) is 19.4. The van der Waals surface area contributed by atoms with Crippen molar-refractivity contribution in [1.82, 2.24) is 15.1 Å². The number of hydrogen-bond donors (Lipinski definition) is 1. The Morgan fingerprint density at radius 1 is 1.08 bits per heavy atom. The second-order valence-corrected chi connectivity index (χ2v) is 8.22. The molecule has 1 N–H and O–H groups in total. The number of nitrogens with one attached hydrogen (secondary N) is 1. The molecule has 1 amide bonds. The number of likely N-dealkylation sites (N-methyl/N-ethyl adjacent to an activating group) is 1. The molecule has 1 aliphatic heterocycles. The lowest BCUT2D eigenvalue weighted by Gasteiger charge is -2.32. The van der Waals surface area contributed by atoms with Crippen LogP contribution < -0.4 is 5.32 Å². The van der Waals surface area contributed by atoms with E-state index in [1.807, 2.05) is 0 Å². The molecule has 1 aromatic rings. The van der Waals surface area contributed by atoms with Gasteiger partial charge in [0.1, 0.15) is 0 Å². The molecule has 3 rings (SSSR count). The van der Waals surface area contributed by atoms with E-state index in [9.17, 15) is 4.79 Å². The van der Waals surface area contributed by atoms with Crippen LogP contribution in [0.25, 0.3) is 0 Å². The van der Waals surface area contributed by atoms with Gasteiger partial charge in [0.25, 0.3) is 0 Å². The second kappa shape index (κ2) is 10.1. The summed E-state index contributed by atoms with van der Waals surface area (Å²) in [6.07, 6.45) is 8.48. The maximum absolute atomic E-state index is 12.2. The summed E-state index contributed by atoms with van der Waals surface area (Å²) in [6, 6.07) is 8.69. The van der Waals surface area contributed by atoms with Crippen LogP contribution in [0.5, 0.6) is 0 Å². The molecular formula is C22H35N3O. The van der Waals surface area contributed by atoms with E-state index in [-0.39, 0.29) is 5.91 Å². The minimum Gasteiger partial charge on any atom is -0.352 e. The van der Waals surface area contributed by atoms with Gasteiger partial charge in [-0.2, -0.15) is 0 Å². The Hall–Kier alpha value is -1.39. The zero-order valence-corrected chi connectivity index (χ0v) is 16.4. The Morgan fingerprint density at radius 2 is 1.81 bits per heavy atom. The van der Waals surface area contributed by atoms with Gasteiger partial charge >= 0.3 is 0 Å². The van der Waals surface area contributed by atoms with Gasteiger partial charge in [0.2, 0.25) is 5.91 Å². The smallest absolute Gasteiger partial charge is 0.220 e. The number of benzene rings is 1. The van der Waals surface area contributed by atoms with Gasteiger partial charge in [-0.05, 0) is 30.5 Å². The highest BCUT2D eigenvalue weighted by Gasteiger charge is 2.15. The molecule has 0 atom stereocenters. The van der Waals surface area contributed by atoms with Gasteiger partial charge in [-0.3, -0.25) is 9.69 Å². The Morgan fingerprint density at radius 3 is 2.58 bits per heavy atom. The van der Waals surface area contributed by atoms with E-state index in [0.717, 1.165) is 45.1 Å². The Kier molecular flexibility index (Phi) is 7.51. The molecule has 26 heavy (non-hydrogen) atoms. The third-order valence-corrected chi connectivity index (χ3v) is 5.99. The first-order chi connectivity index (χ1) is 12.7. The summed E-state index contributed by atoms with van der Waals surface area (Å²) >= 11 is 0. The van der Waals surface area contributed by atoms with Crippen LogP contribution in [-0.4, -0.2) is 48.9 Å². The molecule has 2 fully saturated rings. The molecule has 1 aromatic carbocycles. The van der Waals surface area contributed by atoms with Gasteiger partial charge in [0.05, 0.1) is 0 Å². The van der Waals surface area contributed by atoms with Crippen molar-refractivity contribution in [3.05, 3.63) is 35.4 Å². The normalized spacial score (nSPS) is 20.2. The van der Waals surface area contributed by atoms with Crippen molar-refractivity contribution in [2.45, 2.75) is 58.0 Å². The van der Waals surface area contributed by atoms with E-state index < -0.39 is 0 Å². The van der Waals surface area contributed by atoms with Gasteiger partial charge in [0.15, 0.2) is 0 Å². The van der Waals surface area contributed by atoms with E-state index >= 15 is 0 Å². The van der Waals surface area contributed by atoms with E-state index in [0.29, 0.717) is 13.0 Å². The number of hydrogen-bond acceptors (Lipinski definition) is 3. The van der Waals surface area contributed by atoms with Crippen molar-refractivity contribution < 1.29 is 4.79 Å². The van der Waals surface area contributed by atoms with Crippen LogP contribution in [0.4, 0.5) is 0 Å². The fraction of sp³-hybridized carbons (Fsp3) is 0.682. The molecule has 0 bridgehead atoms. The highest BCUT2D eigenvalue weighted by molar-refractivity contribution is 5.75. The summed E-state index contributed by atoms with van der Waals surface area (Å²) in [5.74, 6) is 0.987. The zero-order valence-electron chi connectivity index (χ0n) is 16.4. The monoisotopic (exact) mass is 357 g/mol. The number of carbonyl (C=O) groups is 1. The minimum atomic E-state index is 0.208. The van der Waals surface area contributed by atoms with Crippen molar-refractivity contribution >= 4 is 5.91 Å². The first-order valence-electron chi connectivity index (χ1n) is 10.4. The zero-order chi connectivity index (χ0) is 18.2. The van der Waals surface area contributed by atoms with Crippen molar-refractivity contribution in [2.75, 3.05) is 33.2 Å². The lowest BCUT2D eigenvalue weighted by atomic mass is 9.86. The molecule has 0 radical (unpaired) electrons. The third kappa shape index (κ3) is 6.40. The van der Waals surface area contributed by atoms with E-state index in [4.69, 9.17) is 0 Å². The first-order valence-corrected chi connectivity index (χ1v) is 10.4. The fourth-order valence-corrected chi connectivity index (χ4v) is 4.20. The number of carbonyl (C=O) groups excluding carboxylic acids is 1. The van der Waals surface area contributed by atoms with Gasteiger partial charge in [-0.25, -0.2) is 0 Å². The van der Waals surface area contributed by atoms with Gasteiger partial charge in [-0.15, -0.1) is 0 Å². The van der Waals surface area contributed by atoms with Gasteiger partial charge in [0, 0.05) is 45.7 Å². The summed E-state index contributed by atoms with van der Waals surface area (Å²) in [6.45, 7) is 6.24. The molecule has 1 aliphatic carbocycles. The van der Waals surface area contributed by atoms with Gasteiger partial charge < -0.3 is 10.2 Å². The van der Waals surface area contributed by atoms with Crippen LogP contribution in [-0.2, 0) is 17.9 Å². The number of rotatable bonds is 7. The van der Waals surface area contributed by atoms with Crippen molar-refractivity contribution in [1.29, 1.82) is 0 Å². The molecule has 4 nitrogen and oxygen atoms in total. The minimum absolute atomic E-state index is 0.208. The van der Waals surface area contributed by atoms with Crippen LogP contribution in [0, 0.1) is 5.92 Å². The van der Waals surface area contributed by atoms with Crippen LogP contribution in [0.3, 0.4) is 0 Å². The van der Waals surface area contributed by atoms with Crippen molar-refractivity contribution in [3.8, 4) is 0 Å². The van der Waals surface area contributed by atoms with Crippen LogP contribution in [0.2, 0.25) is 0 Å². The van der Waals surface area contributed by atoms with Crippen LogP contribution in [0.1, 0.15) is 56.1 Å². The Balaban J connectivity index is 1.39. The van der Waals surface area contributed by atoms with E-state index in [1.165, 1.54) is 43.2 Å². The van der Waals surface area contributed by atoms with E-state index in [2.05, 4.69) is 46.4 Å². The number of amides is 1. The highest BCUT2D eigenvalue weighted by Crippen LogP contribution is 2.27. The van der Waals surface area contributed by atoms with Crippen LogP contribution >= 0.6 is 0 Å². The summed E-state index contributed by atoms with van der Waals surface area (Å²) in [5, 5.41) is 3.12. The average molecular weight is 358 g/mol. The SMILES string of the molecule is CN1CCN(Cc2cccc(CNC(=O)CCC3CCCCC3)c2)CC1. The molecule has 1 saturated heterocycles. The second-order valence-electron chi connectivity index (χ2n) is 8.22. The molecule has 1 heterocycles. The molecule has 144 valence electrons. The third-order valence-electron chi connectivity index (χ3n) is 5.99. The summed E-state index contributed by atoms with van der Waals surface area (Å²) in [7, 11) is 2.19. The van der Waals surface area contributed by atoms with Gasteiger partial charge in [-0.1, -0.05) is 56.4 Å². The number of nitrogens with zero attached hydrogens (tertiary/aromatic N) is 2. The fourth-order valence-electron chi connectivity index (χ4n) is 4.20. The Labute approximate surface area is 158 Å². The number of piperazine rings is 1. The predicted octanol–water partition coefficient (Wildman–Crippen LogP) is 3.41. The summed E-state index contributed by atoms with van der Waals surface area (Å²) in [4.78, 5) is 17.1. The lowest BCUT2D eigenvalue weighted by Crippen LogP contribution is -2.43. The maximum atomic E-state index is 12.2. The molecular weight excluding hydrogens is 322 g/mol. The quantitative estimate of drug-likeness (QED) is 0.812. The summed E-state index contributed by atoms with van der Waals surface area (Å²) in [5.41, 5.74) is 2.56. The topological polar surface area (TPSA) is 35.6 Å². The largest absolute Gasteiger partial charge is 0.352 e. The highest BCUT2D eigenvalue weighted by atomic mass is 16.1. The maximum Gasteiger partial charge on any atom is 0.220 e. The van der Waals surface area contributed by atoms with E-state index in [1.54, 1.807) is 0 Å². The lowest BCUT2D eigenvalue weighted by molar-refractivity contribution is -0.121. The molecule has 0 aromatic heterocycles. The summed E-state index contributed by atoms with van der Waals surface area (Å²) < 4.78 is 0. The molecule has 0 unspecified atom stereocenters. The molecule has 1 saturated carbocycles. The molecule has 4 heteroatoms. The average Bonchev–Trinajstić information content (AvgIpc) is 2.68. The van der Waals surface area contributed by atoms with Crippen LogP contribution in [0.15, 0.2) is 24.3 Å².